The predicted octanol–water partition coefficient (Wildman–Crippen LogP) is 5.88. The second-order valence-electron chi connectivity index (χ2n) is 5.19. The molecule has 0 aromatic heterocycles. The summed E-state index contributed by atoms with van der Waals surface area (Å²) in [6.45, 7) is 7.35. The first-order valence-corrected chi connectivity index (χ1v) is 8.32. The van der Waals surface area contributed by atoms with Crippen molar-refractivity contribution in [1.82, 2.24) is 4.90 Å². The Morgan fingerprint density at radius 3 is 1.86 bits per heavy atom. The van der Waals surface area contributed by atoms with Gasteiger partial charge >= 0.3 is 0 Å². The second kappa shape index (κ2) is 8.38. The molecule has 0 radical (unpaired) electrons. The molecule has 0 N–H and O–H groups in total. The van der Waals surface area contributed by atoms with Crippen molar-refractivity contribution >= 4 is 34.9 Å². The van der Waals surface area contributed by atoms with Crippen LogP contribution in [0.3, 0.4) is 0 Å². The quantitative estimate of drug-likeness (QED) is 0.597. The molecule has 0 atom stereocenters. The minimum Gasteiger partial charge on any atom is -0.300 e. The van der Waals surface area contributed by atoms with Crippen LogP contribution in [0.2, 0.25) is 10.0 Å². The first kappa shape index (κ1) is 17.1. The van der Waals surface area contributed by atoms with Gasteiger partial charge in [0.05, 0.1) is 0 Å². The van der Waals surface area contributed by atoms with Crippen LogP contribution in [-0.2, 0) is 0 Å². The van der Waals surface area contributed by atoms with Gasteiger partial charge in [0.15, 0.2) is 0 Å². The van der Waals surface area contributed by atoms with Gasteiger partial charge in [-0.15, -0.1) is 0 Å². The lowest BCUT2D eigenvalue weighted by molar-refractivity contribution is 0.342. The lowest BCUT2D eigenvalue weighted by atomic mass is 10.0. The minimum atomic E-state index is 0.758. The Morgan fingerprint density at radius 1 is 0.864 bits per heavy atom. The normalized spacial score (nSPS) is 12.0. The Labute approximate surface area is 143 Å². The standard InChI is InChI=1S/C19H21Cl2N/c1-3-22(4-2)14-17(16-7-11-19(21)12-8-16)13-15-5-9-18(20)10-6-15/h5-13H,3-4,14H2,1-2H3/b17-13-. The highest BCUT2D eigenvalue weighted by Gasteiger charge is 2.07. The Balaban J connectivity index is 2.35. The summed E-state index contributed by atoms with van der Waals surface area (Å²) in [4.78, 5) is 2.40. The van der Waals surface area contributed by atoms with Crippen LogP contribution in [0.25, 0.3) is 11.6 Å². The molecule has 0 fully saturated rings. The monoisotopic (exact) mass is 333 g/mol. The Hall–Kier alpha value is -1.28. The molecule has 116 valence electrons. The molecule has 0 saturated heterocycles. The fraction of sp³-hybridized carbons (Fsp3) is 0.263. The molecule has 3 heteroatoms. The average molecular weight is 334 g/mol. The van der Waals surface area contributed by atoms with Crippen LogP contribution in [0.1, 0.15) is 25.0 Å². The van der Waals surface area contributed by atoms with E-state index in [1.165, 1.54) is 11.1 Å². The molecule has 0 aliphatic carbocycles. The number of hydrogen-bond acceptors (Lipinski definition) is 1. The summed E-state index contributed by atoms with van der Waals surface area (Å²) in [6, 6.07) is 16.0. The second-order valence-corrected chi connectivity index (χ2v) is 6.06. The van der Waals surface area contributed by atoms with E-state index in [2.05, 4.69) is 37.0 Å². The van der Waals surface area contributed by atoms with Gasteiger partial charge in [-0.2, -0.15) is 0 Å². The van der Waals surface area contributed by atoms with Crippen molar-refractivity contribution in [2.24, 2.45) is 0 Å². The van der Waals surface area contributed by atoms with Crippen molar-refractivity contribution < 1.29 is 0 Å². The molecule has 0 heterocycles. The van der Waals surface area contributed by atoms with Gasteiger partial charge in [0.25, 0.3) is 0 Å². The minimum absolute atomic E-state index is 0.758. The summed E-state index contributed by atoms with van der Waals surface area (Å²) in [6.07, 6.45) is 2.22. The van der Waals surface area contributed by atoms with Gasteiger partial charge < -0.3 is 0 Å². The zero-order valence-electron chi connectivity index (χ0n) is 13.0. The fourth-order valence-electron chi connectivity index (χ4n) is 2.33. The first-order chi connectivity index (χ1) is 10.6. The maximum atomic E-state index is 6.01. The summed E-state index contributed by atoms with van der Waals surface area (Å²) in [7, 11) is 0. The molecule has 0 spiro atoms. The Kier molecular flexibility index (Phi) is 6.50. The molecular formula is C19H21Cl2N. The lowest BCUT2D eigenvalue weighted by Crippen LogP contribution is -2.24. The van der Waals surface area contributed by atoms with E-state index in [1.54, 1.807) is 0 Å². The van der Waals surface area contributed by atoms with E-state index in [9.17, 15) is 0 Å². The van der Waals surface area contributed by atoms with Gasteiger partial charge in [-0.05, 0) is 60.1 Å². The van der Waals surface area contributed by atoms with Crippen molar-refractivity contribution in [2.45, 2.75) is 13.8 Å². The van der Waals surface area contributed by atoms with Gasteiger partial charge in [0, 0.05) is 16.6 Å². The van der Waals surface area contributed by atoms with Crippen molar-refractivity contribution in [3.8, 4) is 0 Å². The maximum absolute atomic E-state index is 6.01. The number of rotatable bonds is 6. The van der Waals surface area contributed by atoms with Gasteiger partial charge in [0.1, 0.15) is 0 Å². The number of nitrogens with zero attached hydrogens (tertiary/aromatic N) is 1. The molecule has 0 aliphatic heterocycles. The van der Waals surface area contributed by atoms with Gasteiger partial charge in [-0.1, -0.05) is 61.3 Å². The first-order valence-electron chi connectivity index (χ1n) is 7.56. The van der Waals surface area contributed by atoms with Crippen molar-refractivity contribution in [3.05, 3.63) is 69.7 Å². The summed E-state index contributed by atoms with van der Waals surface area (Å²) in [5, 5.41) is 1.52. The number of benzene rings is 2. The summed E-state index contributed by atoms with van der Waals surface area (Å²) < 4.78 is 0. The maximum Gasteiger partial charge on any atom is 0.0406 e. The summed E-state index contributed by atoms with van der Waals surface area (Å²) >= 11 is 12.0. The third-order valence-electron chi connectivity index (χ3n) is 3.71. The molecule has 0 saturated carbocycles. The summed E-state index contributed by atoms with van der Waals surface area (Å²) in [5.74, 6) is 0. The number of halogens is 2. The highest BCUT2D eigenvalue weighted by atomic mass is 35.5. The largest absolute Gasteiger partial charge is 0.300 e. The van der Waals surface area contributed by atoms with E-state index in [0.29, 0.717) is 0 Å². The van der Waals surface area contributed by atoms with Crippen LogP contribution in [0, 0.1) is 0 Å². The third-order valence-corrected chi connectivity index (χ3v) is 4.22. The van der Waals surface area contributed by atoms with Crippen LogP contribution in [0.5, 0.6) is 0 Å². The van der Waals surface area contributed by atoms with Gasteiger partial charge in [-0.3, -0.25) is 4.90 Å². The molecule has 22 heavy (non-hydrogen) atoms. The molecule has 2 aromatic carbocycles. The molecule has 2 rings (SSSR count). The Morgan fingerprint density at radius 2 is 1.36 bits per heavy atom. The topological polar surface area (TPSA) is 3.24 Å². The molecule has 2 aromatic rings. The van der Waals surface area contributed by atoms with E-state index in [-0.39, 0.29) is 0 Å². The average Bonchev–Trinajstić information content (AvgIpc) is 2.54. The van der Waals surface area contributed by atoms with Crippen LogP contribution >= 0.6 is 23.2 Å². The molecular weight excluding hydrogens is 313 g/mol. The fourth-order valence-corrected chi connectivity index (χ4v) is 2.58. The highest BCUT2D eigenvalue weighted by Crippen LogP contribution is 2.22. The SMILES string of the molecule is CCN(CC)C/C(=C/c1ccc(Cl)cc1)c1ccc(Cl)cc1. The molecule has 0 unspecified atom stereocenters. The van der Waals surface area contributed by atoms with E-state index >= 15 is 0 Å². The smallest absolute Gasteiger partial charge is 0.0406 e. The zero-order chi connectivity index (χ0) is 15.9. The van der Waals surface area contributed by atoms with E-state index in [4.69, 9.17) is 23.2 Å². The van der Waals surface area contributed by atoms with Gasteiger partial charge in [-0.25, -0.2) is 0 Å². The van der Waals surface area contributed by atoms with Crippen LogP contribution in [0.4, 0.5) is 0 Å². The van der Waals surface area contributed by atoms with Crippen molar-refractivity contribution in [3.63, 3.8) is 0 Å². The number of hydrogen-bond donors (Lipinski definition) is 0. The van der Waals surface area contributed by atoms with Crippen LogP contribution in [-0.4, -0.2) is 24.5 Å². The van der Waals surface area contributed by atoms with E-state index in [0.717, 1.165) is 35.2 Å². The van der Waals surface area contributed by atoms with E-state index in [1.807, 2.05) is 36.4 Å². The van der Waals surface area contributed by atoms with E-state index < -0.39 is 0 Å². The van der Waals surface area contributed by atoms with Crippen LogP contribution < -0.4 is 0 Å². The van der Waals surface area contributed by atoms with Crippen LogP contribution in [0.15, 0.2) is 48.5 Å². The zero-order valence-corrected chi connectivity index (χ0v) is 14.5. The highest BCUT2D eigenvalue weighted by molar-refractivity contribution is 6.30. The molecule has 1 nitrogen and oxygen atoms in total. The molecule has 0 bridgehead atoms. The summed E-state index contributed by atoms with van der Waals surface area (Å²) in [5.41, 5.74) is 3.63. The lowest BCUT2D eigenvalue weighted by Gasteiger charge is -2.20. The van der Waals surface area contributed by atoms with Crippen molar-refractivity contribution in [2.75, 3.05) is 19.6 Å². The molecule has 0 aliphatic rings. The van der Waals surface area contributed by atoms with Gasteiger partial charge in [0.2, 0.25) is 0 Å². The third kappa shape index (κ3) is 4.88. The predicted molar refractivity (Wildman–Crippen MR) is 98.6 cm³/mol. The Bertz CT molecular complexity index is 611. The molecule has 0 amide bonds. The number of likely N-dealkylation sites (N-methyl/N-ethyl adjacent to an activating group) is 1. The van der Waals surface area contributed by atoms with Crippen molar-refractivity contribution in [1.29, 1.82) is 0 Å².